The molecule has 1 amide bonds. The molecule has 0 fully saturated rings. The van der Waals surface area contributed by atoms with Gasteiger partial charge in [0.25, 0.3) is 0 Å². The zero-order chi connectivity index (χ0) is 12.5. The summed E-state index contributed by atoms with van der Waals surface area (Å²) in [4.78, 5) is 19.8. The lowest BCUT2D eigenvalue weighted by Gasteiger charge is -2.06. The molecule has 0 aliphatic rings. The molecular formula is C11H13N3O3. The first-order valence-corrected chi connectivity index (χ1v) is 4.91. The van der Waals surface area contributed by atoms with Gasteiger partial charge in [0.05, 0.1) is 5.69 Å². The fourth-order valence-electron chi connectivity index (χ4n) is 1.06. The Morgan fingerprint density at radius 1 is 1.59 bits per heavy atom. The number of nitrogens with two attached hydrogens (primary N) is 1. The van der Waals surface area contributed by atoms with Crippen molar-refractivity contribution in [2.45, 2.75) is 13.0 Å². The summed E-state index contributed by atoms with van der Waals surface area (Å²) < 4.78 is 4.80. The number of aromatic nitrogens is 1. The largest absolute Gasteiger partial charge is 0.448 e. The quantitative estimate of drug-likeness (QED) is 0.452. The molecule has 6 heteroatoms. The Bertz CT molecular complexity index is 415. The van der Waals surface area contributed by atoms with Crippen molar-refractivity contribution >= 4 is 11.9 Å². The van der Waals surface area contributed by atoms with Crippen LogP contribution in [0.3, 0.4) is 0 Å². The van der Waals surface area contributed by atoms with Gasteiger partial charge in [-0.1, -0.05) is 6.07 Å². The van der Waals surface area contributed by atoms with E-state index in [1.54, 1.807) is 18.2 Å². The van der Waals surface area contributed by atoms with Crippen LogP contribution in [0.1, 0.15) is 12.1 Å². The van der Waals surface area contributed by atoms with Gasteiger partial charge in [-0.3, -0.25) is 10.2 Å². The van der Waals surface area contributed by atoms with E-state index in [1.807, 2.05) is 0 Å². The second kappa shape index (κ2) is 7.22. The molecule has 0 aliphatic carbocycles. The third-order valence-corrected chi connectivity index (χ3v) is 1.75. The predicted molar refractivity (Wildman–Crippen MR) is 61.6 cm³/mol. The first-order valence-electron chi connectivity index (χ1n) is 4.91. The molecule has 1 aromatic rings. The highest BCUT2D eigenvalue weighted by molar-refractivity contribution is 5.83. The molecule has 0 bridgehead atoms. The molecule has 1 aromatic heterocycles. The molecule has 0 unspecified atom stereocenters. The number of anilines is 1. The van der Waals surface area contributed by atoms with Crippen molar-refractivity contribution in [2.75, 3.05) is 11.9 Å². The number of hydrogen-bond acceptors (Lipinski definition) is 5. The number of hydrogen-bond donors (Lipinski definition) is 2. The number of terminal acetylenes is 1. The summed E-state index contributed by atoms with van der Waals surface area (Å²) in [6.07, 6.45) is 4.80. The second-order valence-corrected chi connectivity index (χ2v) is 3.04. The summed E-state index contributed by atoms with van der Waals surface area (Å²) >= 11 is 0. The third kappa shape index (κ3) is 4.97. The van der Waals surface area contributed by atoms with E-state index < -0.39 is 6.09 Å². The highest BCUT2D eigenvalue weighted by Gasteiger charge is 2.04. The number of nitrogens with one attached hydrogen (secondary N) is 1. The number of carbonyl (C=O) groups is 1. The predicted octanol–water partition coefficient (Wildman–Crippen LogP) is 1.04. The minimum Gasteiger partial charge on any atom is -0.448 e. The Labute approximate surface area is 99.1 Å². The van der Waals surface area contributed by atoms with Crippen LogP contribution in [-0.2, 0) is 16.2 Å². The van der Waals surface area contributed by atoms with Crippen molar-refractivity contribution in [1.29, 1.82) is 0 Å². The van der Waals surface area contributed by atoms with Crippen molar-refractivity contribution in [1.82, 2.24) is 4.98 Å². The summed E-state index contributed by atoms with van der Waals surface area (Å²) in [5.74, 6) is 7.65. The molecule has 3 N–H and O–H groups in total. The average molecular weight is 235 g/mol. The fourth-order valence-corrected chi connectivity index (χ4v) is 1.06. The molecule has 0 atom stereocenters. The van der Waals surface area contributed by atoms with Crippen LogP contribution in [0.4, 0.5) is 10.6 Å². The Balaban J connectivity index is 2.47. The SMILES string of the molecule is C#CCCOC(=O)Nc1cccc(CON)n1. The summed E-state index contributed by atoms with van der Waals surface area (Å²) in [5, 5.41) is 2.46. The summed E-state index contributed by atoms with van der Waals surface area (Å²) in [6.45, 7) is 0.343. The third-order valence-electron chi connectivity index (χ3n) is 1.75. The van der Waals surface area contributed by atoms with E-state index in [1.165, 1.54) is 0 Å². The van der Waals surface area contributed by atoms with Crippen LogP contribution in [0, 0.1) is 12.3 Å². The summed E-state index contributed by atoms with van der Waals surface area (Å²) in [5.41, 5.74) is 0.605. The molecule has 0 spiro atoms. The highest BCUT2D eigenvalue weighted by Crippen LogP contribution is 2.05. The number of amides is 1. The number of pyridine rings is 1. The Morgan fingerprint density at radius 2 is 2.41 bits per heavy atom. The highest BCUT2D eigenvalue weighted by atomic mass is 16.6. The lowest BCUT2D eigenvalue weighted by Crippen LogP contribution is -2.15. The maximum Gasteiger partial charge on any atom is 0.412 e. The minimum atomic E-state index is -0.599. The molecule has 0 saturated heterocycles. The molecule has 1 heterocycles. The van der Waals surface area contributed by atoms with E-state index in [-0.39, 0.29) is 13.2 Å². The normalized spacial score (nSPS) is 9.41. The summed E-state index contributed by atoms with van der Waals surface area (Å²) in [6, 6.07) is 5.07. The molecule has 1 rings (SSSR count). The second-order valence-electron chi connectivity index (χ2n) is 3.04. The Morgan fingerprint density at radius 3 is 3.12 bits per heavy atom. The topological polar surface area (TPSA) is 86.5 Å². The van der Waals surface area contributed by atoms with Gasteiger partial charge >= 0.3 is 6.09 Å². The van der Waals surface area contributed by atoms with Gasteiger partial charge in [0, 0.05) is 6.42 Å². The van der Waals surface area contributed by atoms with Gasteiger partial charge in [-0.15, -0.1) is 12.3 Å². The monoisotopic (exact) mass is 235 g/mol. The number of ether oxygens (including phenoxy) is 1. The van der Waals surface area contributed by atoms with E-state index >= 15 is 0 Å². The molecule has 0 aliphatic heterocycles. The number of rotatable bonds is 5. The van der Waals surface area contributed by atoms with Crippen LogP contribution in [-0.4, -0.2) is 17.7 Å². The van der Waals surface area contributed by atoms with E-state index in [2.05, 4.69) is 21.1 Å². The van der Waals surface area contributed by atoms with Gasteiger partial charge in [0.15, 0.2) is 0 Å². The smallest absolute Gasteiger partial charge is 0.412 e. The maximum absolute atomic E-state index is 11.3. The van der Waals surface area contributed by atoms with Crippen LogP contribution in [0.25, 0.3) is 0 Å². The molecular weight excluding hydrogens is 222 g/mol. The Hall–Kier alpha value is -2.10. The first-order chi connectivity index (χ1) is 8.26. The van der Waals surface area contributed by atoms with E-state index in [9.17, 15) is 4.79 Å². The Kier molecular flexibility index (Phi) is 5.51. The van der Waals surface area contributed by atoms with Crippen LogP contribution in [0.15, 0.2) is 18.2 Å². The van der Waals surface area contributed by atoms with Gasteiger partial charge < -0.3 is 4.74 Å². The van der Waals surface area contributed by atoms with E-state index in [0.29, 0.717) is 17.9 Å². The van der Waals surface area contributed by atoms with E-state index in [0.717, 1.165) is 0 Å². The standard InChI is InChI=1S/C11H13N3O3/c1-2-3-7-16-11(15)14-10-6-4-5-9(13-10)8-17-12/h1,4-6H,3,7-8,12H2,(H,13,14,15). The molecule has 0 aromatic carbocycles. The minimum absolute atomic E-state index is 0.168. The zero-order valence-corrected chi connectivity index (χ0v) is 9.18. The van der Waals surface area contributed by atoms with Gasteiger partial charge in [0.1, 0.15) is 19.0 Å². The van der Waals surface area contributed by atoms with Crippen LogP contribution in [0.5, 0.6) is 0 Å². The van der Waals surface area contributed by atoms with Crippen molar-refractivity contribution < 1.29 is 14.4 Å². The fraction of sp³-hybridized carbons (Fsp3) is 0.273. The first kappa shape index (κ1) is 13.0. The van der Waals surface area contributed by atoms with Crippen LogP contribution >= 0.6 is 0 Å². The van der Waals surface area contributed by atoms with Gasteiger partial charge in [-0.05, 0) is 12.1 Å². The zero-order valence-electron chi connectivity index (χ0n) is 9.18. The molecule has 90 valence electrons. The lowest BCUT2D eigenvalue weighted by molar-refractivity contribution is 0.121. The number of nitrogens with zero attached hydrogens (tertiary/aromatic N) is 1. The van der Waals surface area contributed by atoms with Crippen LogP contribution in [0.2, 0.25) is 0 Å². The lowest BCUT2D eigenvalue weighted by atomic mass is 10.3. The van der Waals surface area contributed by atoms with Crippen LogP contribution < -0.4 is 11.2 Å². The maximum atomic E-state index is 11.3. The molecule has 6 nitrogen and oxygen atoms in total. The van der Waals surface area contributed by atoms with Gasteiger partial charge in [-0.2, -0.15) is 0 Å². The van der Waals surface area contributed by atoms with Crippen molar-refractivity contribution in [2.24, 2.45) is 5.90 Å². The van der Waals surface area contributed by atoms with Crippen molar-refractivity contribution in [3.05, 3.63) is 23.9 Å². The van der Waals surface area contributed by atoms with Crippen molar-refractivity contribution in [3.63, 3.8) is 0 Å². The van der Waals surface area contributed by atoms with Gasteiger partial charge in [-0.25, -0.2) is 15.7 Å². The number of carbonyl (C=O) groups excluding carboxylic acids is 1. The molecule has 0 saturated carbocycles. The average Bonchev–Trinajstić information content (AvgIpc) is 2.30. The summed E-state index contributed by atoms with van der Waals surface area (Å²) in [7, 11) is 0. The molecule has 17 heavy (non-hydrogen) atoms. The molecule has 0 radical (unpaired) electrons. The van der Waals surface area contributed by atoms with Gasteiger partial charge in [0.2, 0.25) is 0 Å². The van der Waals surface area contributed by atoms with Crippen molar-refractivity contribution in [3.8, 4) is 12.3 Å². The van der Waals surface area contributed by atoms with E-state index in [4.69, 9.17) is 17.1 Å².